The van der Waals surface area contributed by atoms with Gasteiger partial charge in [-0.1, -0.05) is 13.8 Å². The summed E-state index contributed by atoms with van der Waals surface area (Å²) in [6.45, 7) is 6.91. The lowest BCUT2D eigenvalue weighted by molar-refractivity contribution is -0.134. The molecule has 0 bridgehead atoms. The van der Waals surface area contributed by atoms with Gasteiger partial charge in [0.25, 0.3) is 5.56 Å². The van der Waals surface area contributed by atoms with E-state index in [2.05, 4.69) is 14.9 Å². The number of benzene rings is 2. The monoisotopic (exact) mass is 436 g/mol. The second-order valence-corrected chi connectivity index (χ2v) is 8.15. The van der Waals surface area contributed by atoms with Crippen molar-refractivity contribution in [2.24, 2.45) is 5.92 Å². The molecule has 1 fully saturated rings. The summed E-state index contributed by atoms with van der Waals surface area (Å²) >= 11 is 0. The highest BCUT2D eigenvalue weighted by Gasteiger charge is 2.23. The third kappa shape index (κ3) is 4.12. The van der Waals surface area contributed by atoms with E-state index < -0.39 is 0 Å². The maximum atomic E-state index is 12.7. The highest BCUT2D eigenvalue weighted by atomic mass is 16.5. The lowest BCUT2D eigenvalue weighted by atomic mass is 10.1. The fourth-order valence-electron chi connectivity index (χ4n) is 4.01. The fraction of sp³-hybridized carbons (Fsp3) is 0.375. The summed E-state index contributed by atoms with van der Waals surface area (Å²) in [5, 5.41) is 0.391. The number of aromatic amines is 1. The predicted octanol–water partition coefficient (Wildman–Crippen LogP) is 2.91. The van der Waals surface area contributed by atoms with Crippen molar-refractivity contribution in [2.45, 2.75) is 13.8 Å². The van der Waals surface area contributed by atoms with Crippen LogP contribution in [0.15, 0.2) is 41.2 Å². The summed E-state index contributed by atoms with van der Waals surface area (Å²) < 4.78 is 10.7. The van der Waals surface area contributed by atoms with E-state index in [1.54, 1.807) is 19.2 Å². The van der Waals surface area contributed by atoms with Crippen LogP contribution in [0.4, 0.5) is 5.69 Å². The molecule has 168 valence electrons. The Morgan fingerprint density at radius 3 is 2.31 bits per heavy atom. The van der Waals surface area contributed by atoms with Gasteiger partial charge >= 0.3 is 0 Å². The van der Waals surface area contributed by atoms with Crippen LogP contribution in [0.3, 0.4) is 0 Å². The number of carbonyl (C=O) groups excluding carboxylic acids is 1. The van der Waals surface area contributed by atoms with Crippen LogP contribution in [0, 0.1) is 5.92 Å². The standard InChI is InChI=1S/C24H28N4O4/c1-15(2)24(30)28-11-9-27(10-12-28)17-7-5-16(6-8-17)22-25-19-13-18(31-3)14-20(32-4)21(19)23(29)26-22/h5-8,13-15H,9-12H2,1-4H3,(H,25,26,29). The minimum atomic E-state index is -0.264. The number of anilines is 1. The Hall–Kier alpha value is -3.55. The largest absolute Gasteiger partial charge is 0.497 e. The Bertz CT molecular complexity index is 1180. The number of hydrogen-bond acceptors (Lipinski definition) is 6. The van der Waals surface area contributed by atoms with Crippen molar-refractivity contribution in [1.29, 1.82) is 0 Å². The first-order valence-electron chi connectivity index (χ1n) is 10.7. The van der Waals surface area contributed by atoms with Crippen LogP contribution in [0.2, 0.25) is 0 Å². The van der Waals surface area contributed by atoms with Crippen LogP contribution in [0.5, 0.6) is 11.5 Å². The zero-order valence-corrected chi connectivity index (χ0v) is 18.8. The minimum Gasteiger partial charge on any atom is -0.497 e. The number of carbonyl (C=O) groups is 1. The summed E-state index contributed by atoms with van der Waals surface area (Å²) in [6.07, 6.45) is 0. The fourth-order valence-corrected chi connectivity index (χ4v) is 4.01. The van der Waals surface area contributed by atoms with Crippen molar-refractivity contribution in [3.63, 3.8) is 0 Å². The van der Waals surface area contributed by atoms with Crippen molar-refractivity contribution in [3.8, 4) is 22.9 Å². The third-order valence-electron chi connectivity index (χ3n) is 5.79. The quantitative estimate of drug-likeness (QED) is 0.662. The van der Waals surface area contributed by atoms with Crippen molar-refractivity contribution in [3.05, 3.63) is 46.8 Å². The average Bonchev–Trinajstić information content (AvgIpc) is 2.82. The molecule has 0 aliphatic carbocycles. The normalized spacial score (nSPS) is 14.2. The molecule has 0 spiro atoms. The molecule has 4 rings (SSSR count). The maximum absolute atomic E-state index is 12.7. The highest BCUT2D eigenvalue weighted by molar-refractivity contribution is 5.87. The molecule has 0 unspecified atom stereocenters. The van der Waals surface area contributed by atoms with Crippen LogP contribution >= 0.6 is 0 Å². The predicted molar refractivity (Wildman–Crippen MR) is 125 cm³/mol. The maximum Gasteiger partial charge on any atom is 0.262 e. The number of piperazine rings is 1. The van der Waals surface area contributed by atoms with Gasteiger partial charge in [-0.3, -0.25) is 9.59 Å². The van der Waals surface area contributed by atoms with Gasteiger partial charge in [0.15, 0.2) is 0 Å². The molecule has 1 N–H and O–H groups in total. The van der Waals surface area contributed by atoms with Gasteiger partial charge in [0.2, 0.25) is 5.91 Å². The molecule has 0 atom stereocenters. The van der Waals surface area contributed by atoms with Crippen LogP contribution < -0.4 is 19.9 Å². The number of ether oxygens (including phenoxy) is 2. The SMILES string of the molecule is COc1cc(OC)c2c(=O)[nH]c(-c3ccc(N4CCN(C(=O)C(C)C)CC4)cc3)nc2c1. The zero-order chi connectivity index (χ0) is 22.8. The van der Waals surface area contributed by atoms with E-state index in [-0.39, 0.29) is 17.4 Å². The van der Waals surface area contributed by atoms with Crippen molar-refractivity contribution >= 4 is 22.5 Å². The van der Waals surface area contributed by atoms with E-state index in [0.29, 0.717) is 28.2 Å². The van der Waals surface area contributed by atoms with Gasteiger partial charge in [-0.15, -0.1) is 0 Å². The molecule has 0 radical (unpaired) electrons. The molecule has 8 nitrogen and oxygen atoms in total. The molecule has 3 aromatic rings. The lowest BCUT2D eigenvalue weighted by Crippen LogP contribution is -2.49. The molecule has 1 aliphatic heterocycles. The number of amides is 1. The zero-order valence-electron chi connectivity index (χ0n) is 18.8. The molecule has 1 amide bonds. The van der Waals surface area contributed by atoms with E-state index in [4.69, 9.17) is 9.47 Å². The summed E-state index contributed by atoms with van der Waals surface area (Å²) in [5.41, 5.74) is 2.13. The van der Waals surface area contributed by atoms with Gasteiger partial charge < -0.3 is 24.3 Å². The number of H-pyrrole nitrogens is 1. The van der Waals surface area contributed by atoms with Crippen molar-refractivity contribution in [1.82, 2.24) is 14.9 Å². The van der Waals surface area contributed by atoms with Crippen LogP contribution in [0.25, 0.3) is 22.3 Å². The van der Waals surface area contributed by atoms with Crippen molar-refractivity contribution in [2.75, 3.05) is 45.3 Å². The molecule has 32 heavy (non-hydrogen) atoms. The van der Waals surface area contributed by atoms with Crippen LogP contribution in [-0.2, 0) is 4.79 Å². The molecule has 1 aromatic heterocycles. The van der Waals surface area contributed by atoms with Gasteiger partial charge in [0.05, 0.1) is 19.7 Å². The number of nitrogens with one attached hydrogen (secondary N) is 1. The molecule has 2 heterocycles. The van der Waals surface area contributed by atoms with Gasteiger partial charge in [0, 0.05) is 55.5 Å². The Labute approximate surface area is 186 Å². The Kier molecular flexibility index (Phi) is 6.03. The van der Waals surface area contributed by atoms with E-state index in [1.807, 2.05) is 43.0 Å². The number of fused-ring (bicyclic) bond motifs is 1. The smallest absolute Gasteiger partial charge is 0.262 e. The van der Waals surface area contributed by atoms with E-state index in [1.165, 1.54) is 7.11 Å². The molecule has 1 saturated heterocycles. The number of hydrogen-bond donors (Lipinski definition) is 1. The Morgan fingerprint density at radius 2 is 1.72 bits per heavy atom. The van der Waals surface area contributed by atoms with Crippen LogP contribution in [-0.4, -0.2) is 61.2 Å². The molecule has 8 heteroatoms. The van der Waals surface area contributed by atoms with E-state index in [0.717, 1.165) is 37.4 Å². The topological polar surface area (TPSA) is 87.8 Å². The summed E-state index contributed by atoms with van der Waals surface area (Å²) in [4.78, 5) is 36.6. The number of methoxy groups -OCH3 is 2. The van der Waals surface area contributed by atoms with Gasteiger partial charge in [-0.25, -0.2) is 4.98 Å². The van der Waals surface area contributed by atoms with Gasteiger partial charge in [-0.2, -0.15) is 0 Å². The summed E-state index contributed by atoms with van der Waals surface area (Å²) in [6, 6.07) is 11.3. The number of aromatic nitrogens is 2. The first-order chi connectivity index (χ1) is 15.4. The molecular formula is C24H28N4O4. The first kappa shape index (κ1) is 21.7. The average molecular weight is 437 g/mol. The van der Waals surface area contributed by atoms with Gasteiger partial charge in [-0.05, 0) is 24.3 Å². The minimum absolute atomic E-state index is 0.0254. The molecule has 2 aromatic carbocycles. The molecule has 0 saturated carbocycles. The number of nitrogens with zero attached hydrogens (tertiary/aromatic N) is 3. The third-order valence-corrected chi connectivity index (χ3v) is 5.79. The van der Waals surface area contributed by atoms with Crippen molar-refractivity contribution < 1.29 is 14.3 Å². The Balaban J connectivity index is 1.57. The lowest BCUT2D eigenvalue weighted by Gasteiger charge is -2.37. The van der Waals surface area contributed by atoms with E-state index >= 15 is 0 Å². The first-order valence-corrected chi connectivity index (χ1v) is 10.7. The number of rotatable bonds is 5. The van der Waals surface area contributed by atoms with E-state index in [9.17, 15) is 9.59 Å². The Morgan fingerprint density at radius 1 is 1.03 bits per heavy atom. The van der Waals surface area contributed by atoms with Crippen LogP contribution in [0.1, 0.15) is 13.8 Å². The van der Waals surface area contributed by atoms with Gasteiger partial charge in [0.1, 0.15) is 22.7 Å². The second-order valence-electron chi connectivity index (χ2n) is 8.15. The highest BCUT2D eigenvalue weighted by Crippen LogP contribution is 2.29. The molecule has 1 aliphatic rings. The summed E-state index contributed by atoms with van der Waals surface area (Å²) in [7, 11) is 3.07. The molecular weight excluding hydrogens is 408 g/mol. The second kappa shape index (κ2) is 8.90. The summed E-state index contributed by atoms with van der Waals surface area (Å²) in [5.74, 6) is 1.71.